The Kier molecular flexibility index (Phi) is 5.64. The average molecular weight is 329 g/mol. The fourth-order valence-electron chi connectivity index (χ4n) is 2.70. The smallest absolute Gasteiger partial charge is 0.348 e. The van der Waals surface area contributed by atoms with Gasteiger partial charge in [-0.2, -0.15) is 13.2 Å². The molecule has 1 aromatic carbocycles. The first-order chi connectivity index (χ1) is 10.8. The van der Waals surface area contributed by atoms with Gasteiger partial charge in [-0.25, -0.2) is 5.43 Å². The standard InChI is InChI=1S/C16H22F3N3O/c1-3-5-13(20-15(23)14-8-10(2)21-22-14)11-6-4-7-12(9-11)16(17,18)19/h4,6-7,9-10,13-14,21-22H,3,5,8H2,1-2H3,(H,20,23). The summed E-state index contributed by atoms with van der Waals surface area (Å²) in [4.78, 5) is 12.3. The van der Waals surface area contributed by atoms with Crippen LogP contribution in [0.3, 0.4) is 0 Å². The molecule has 0 saturated carbocycles. The number of rotatable bonds is 5. The summed E-state index contributed by atoms with van der Waals surface area (Å²) >= 11 is 0. The van der Waals surface area contributed by atoms with Crippen LogP contribution in [0.4, 0.5) is 13.2 Å². The van der Waals surface area contributed by atoms with Gasteiger partial charge in [-0.3, -0.25) is 10.2 Å². The molecule has 23 heavy (non-hydrogen) atoms. The third-order valence-corrected chi connectivity index (χ3v) is 3.92. The second-order valence-electron chi connectivity index (χ2n) is 5.95. The second kappa shape index (κ2) is 7.31. The maximum Gasteiger partial charge on any atom is 0.416 e. The minimum atomic E-state index is -4.39. The summed E-state index contributed by atoms with van der Waals surface area (Å²) in [7, 11) is 0. The van der Waals surface area contributed by atoms with Crippen LogP contribution in [-0.2, 0) is 11.0 Å². The Morgan fingerprint density at radius 3 is 2.70 bits per heavy atom. The monoisotopic (exact) mass is 329 g/mol. The van der Waals surface area contributed by atoms with E-state index in [1.165, 1.54) is 6.07 Å². The number of benzene rings is 1. The van der Waals surface area contributed by atoms with E-state index >= 15 is 0 Å². The third-order valence-electron chi connectivity index (χ3n) is 3.92. The van der Waals surface area contributed by atoms with Crippen molar-refractivity contribution < 1.29 is 18.0 Å². The summed E-state index contributed by atoms with van der Waals surface area (Å²) in [5.41, 5.74) is 5.65. The van der Waals surface area contributed by atoms with Crippen LogP contribution in [-0.4, -0.2) is 18.0 Å². The van der Waals surface area contributed by atoms with E-state index in [9.17, 15) is 18.0 Å². The molecule has 0 aliphatic carbocycles. The lowest BCUT2D eigenvalue weighted by molar-refractivity contribution is -0.137. The van der Waals surface area contributed by atoms with Gasteiger partial charge >= 0.3 is 6.18 Å². The lowest BCUT2D eigenvalue weighted by atomic mass is 9.99. The number of amides is 1. The lowest BCUT2D eigenvalue weighted by Gasteiger charge is -2.21. The van der Waals surface area contributed by atoms with Gasteiger partial charge < -0.3 is 5.32 Å². The second-order valence-corrected chi connectivity index (χ2v) is 5.95. The van der Waals surface area contributed by atoms with E-state index in [1.54, 1.807) is 6.07 Å². The maximum atomic E-state index is 12.9. The highest BCUT2D eigenvalue weighted by atomic mass is 19.4. The van der Waals surface area contributed by atoms with Crippen molar-refractivity contribution in [3.8, 4) is 0 Å². The zero-order chi connectivity index (χ0) is 17.0. The molecule has 1 aromatic rings. The first-order valence-corrected chi connectivity index (χ1v) is 7.80. The molecule has 4 nitrogen and oxygen atoms in total. The van der Waals surface area contributed by atoms with Crippen LogP contribution < -0.4 is 16.2 Å². The van der Waals surface area contributed by atoms with Crippen LogP contribution in [0.2, 0.25) is 0 Å². The van der Waals surface area contributed by atoms with E-state index in [-0.39, 0.29) is 18.0 Å². The van der Waals surface area contributed by atoms with Crippen LogP contribution in [0.1, 0.15) is 50.3 Å². The number of halogens is 3. The molecule has 1 aliphatic heterocycles. The topological polar surface area (TPSA) is 53.2 Å². The lowest BCUT2D eigenvalue weighted by Crippen LogP contribution is -2.44. The Bertz CT molecular complexity index is 548. The van der Waals surface area contributed by atoms with Crippen LogP contribution in [0.25, 0.3) is 0 Å². The number of nitrogens with one attached hydrogen (secondary N) is 3. The Balaban J connectivity index is 2.13. The highest BCUT2D eigenvalue weighted by Crippen LogP contribution is 2.31. The minimum Gasteiger partial charge on any atom is -0.348 e. The van der Waals surface area contributed by atoms with E-state index in [0.29, 0.717) is 18.4 Å². The van der Waals surface area contributed by atoms with Crippen molar-refractivity contribution >= 4 is 5.91 Å². The Morgan fingerprint density at radius 2 is 2.13 bits per heavy atom. The molecule has 3 unspecified atom stereocenters. The third kappa shape index (κ3) is 4.68. The molecular weight excluding hydrogens is 307 g/mol. The first kappa shape index (κ1) is 17.7. The minimum absolute atomic E-state index is 0.184. The number of carbonyl (C=O) groups excluding carboxylic acids is 1. The van der Waals surface area contributed by atoms with Crippen molar-refractivity contribution in [1.82, 2.24) is 16.2 Å². The summed E-state index contributed by atoms with van der Waals surface area (Å²) in [6.45, 7) is 3.89. The van der Waals surface area contributed by atoms with Crippen molar-refractivity contribution in [2.75, 3.05) is 0 Å². The molecule has 3 N–H and O–H groups in total. The molecule has 7 heteroatoms. The molecule has 1 fully saturated rings. The van der Waals surface area contributed by atoms with Crippen molar-refractivity contribution in [2.45, 2.75) is 57.4 Å². The van der Waals surface area contributed by atoms with E-state index in [1.807, 2.05) is 13.8 Å². The fraction of sp³-hybridized carbons (Fsp3) is 0.562. The maximum absolute atomic E-state index is 12.9. The summed E-state index contributed by atoms with van der Waals surface area (Å²) in [6.07, 6.45) is -2.40. The normalized spacial score (nSPS) is 22.8. The van der Waals surface area contributed by atoms with Gasteiger partial charge in [0.15, 0.2) is 0 Å². The van der Waals surface area contributed by atoms with Gasteiger partial charge in [-0.05, 0) is 37.5 Å². The SMILES string of the molecule is CCCC(NC(=O)C1CC(C)NN1)c1cccc(C(F)(F)F)c1. The van der Waals surface area contributed by atoms with Gasteiger partial charge in [0.05, 0.1) is 11.6 Å². The summed E-state index contributed by atoms with van der Waals surface area (Å²) in [5, 5.41) is 2.87. The molecule has 1 heterocycles. The molecule has 2 rings (SSSR count). The molecule has 1 amide bonds. The summed E-state index contributed by atoms with van der Waals surface area (Å²) in [5.74, 6) is -0.197. The number of alkyl halides is 3. The van der Waals surface area contributed by atoms with E-state index in [4.69, 9.17) is 0 Å². The molecule has 1 aliphatic rings. The largest absolute Gasteiger partial charge is 0.416 e. The molecular formula is C16H22F3N3O. The van der Waals surface area contributed by atoms with Gasteiger partial charge in [0.25, 0.3) is 0 Å². The highest BCUT2D eigenvalue weighted by molar-refractivity contribution is 5.82. The number of hydrogen-bond donors (Lipinski definition) is 3. The van der Waals surface area contributed by atoms with Crippen molar-refractivity contribution in [3.05, 3.63) is 35.4 Å². The van der Waals surface area contributed by atoms with Gasteiger partial charge in [-0.15, -0.1) is 0 Å². The van der Waals surface area contributed by atoms with Crippen LogP contribution in [0.15, 0.2) is 24.3 Å². The van der Waals surface area contributed by atoms with E-state index < -0.39 is 17.8 Å². The molecule has 0 radical (unpaired) electrons. The number of hydrazine groups is 1. The molecule has 3 atom stereocenters. The first-order valence-electron chi connectivity index (χ1n) is 7.80. The van der Waals surface area contributed by atoms with Crippen LogP contribution >= 0.6 is 0 Å². The van der Waals surface area contributed by atoms with E-state index in [0.717, 1.165) is 18.6 Å². The van der Waals surface area contributed by atoms with Crippen molar-refractivity contribution in [1.29, 1.82) is 0 Å². The molecule has 0 spiro atoms. The predicted octanol–water partition coefficient (Wildman–Crippen LogP) is 2.92. The summed E-state index contributed by atoms with van der Waals surface area (Å²) < 4.78 is 38.6. The average Bonchev–Trinajstić information content (AvgIpc) is 2.93. The molecule has 128 valence electrons. The fourth-order valence-corrected chi connectivity index (χ4v) is 2.70. The predicted molar refractivity (Wildman–Crippen MR) is 81.4 cm³/mol. The van der Waals surface area contributed by atoms with Gasteiger partial charge in [0, 0.05) is 6.04 Å². The van der Waals surface area contributed by atoms with Crippen molar-refractivity contribution in [3.63, 3.8) is 0 Å². The molecule has 1 saturated heterocycles. The van der Waals surface area contributed by atoms with Gasteiger partial charge in [0.2, 0.25) is 5.91 Å². The van der Waals surface area contributed by atoms with Crippen LogP contribution in [0, 0.1) is 0 Å². The van der Waals surface area contributed by atoms with Gasteiger partial charge in [0.1, 0.15) is 6.04 Å². The summed E-state index contributed by atoms with van der Waals surface area (Å²) in [6, 6.07) is 4.55. The zero-order valence-corrected chi connectivity index (χ0v) is 13.2. The molecule has 0 bridgehead atoms. The molecule has 0 aromatic heterocycles. The van der Waals surface area contributed by atoms with Crippen LogP contribution in [0.5, 0.6) is 0 Å². The zero-order valence-electron chi connectivity index (χ0n) is 13.2. The highest BCUT2D eigenvalue weighted by Gasteiger charge is 2.32. The van der Waals surface area contributed by atoms with Crippen molar-refractivity contribution in [2.24, 2.45) is 0 Å². The number of hydrogen-bond acceptors (Lipinski definition) is 3. The van der Waals surface area contributed by atoms with Gasteiger partial charge in [-0.1, -0.05) is 25.5 Å². The Labute approximate surface area is 133 Å². The Morgan fingerprint density at radius 1 is 1.39 bits per heavy atom. The Hall–Kier alpha value is -1.60. The quantitative estimate of drug-likeness (QED) is 0.778. The number of carbonyl (C=O) groups is 1. The van der Waals surface area contributed by atoms with E-state index in [2.05, 4.69) is 16.2 Å².